The van der Waals surface area contributed by atoms with Gasteiger partial charge in [0.15, 0.2) is 0 Å². The van der Waals surface area contributed by atoms with E-state index in [0.717, 1.165) is 0 Å². The van der Waals surface area contributed by atoms with Crippen molar-refractivity contribution in [3.8, 4) is 11.4 Å². The highest BCUT2D eigenvalue weighted by molar-refractivity contribution is 6.32. The van der Waals surface area contributed by atoms with Gasteiger partial charge in [-0.2, -0.15) is 5.10 Å². The molecular weight excluding hydrogens is 270 g/mol. The van der Waals surface area contributed by atoms with Crippen LogP contribution in [0.4, 0.5) is 5.82 Å². The molecule has 0 bridgehead atoms. The zero-order valence-corrected chi connectivity index (χ0v) is 11.1. The van der Waals surface area contributed by atoms with Gasteiger partial charge in [-0.15, -0.1) is 0 Å². The number of esters is 1. The summed E-state index contributed by atoms with van der Waals surface area (Å²) in [5.41, 5.74) is 6.68. The van der Waals surface area contributed by atoms with Crippen molar-refractivity contribution in [2.24, 2.45) is 0 Å². The first-order valence-electron chi connectivity index (χ1n) is 5.34. The van der Waals surface area contributed by atoms with Crippen molar-refractivity contribution in [2.45, 2.75) is 0 Å². The summed E-state index contributed by atoms with van der Waals surface area (Å²) < 4.78 is 11.1. The van der Waals surface area contributed by atoms with Crippen LogP contribution in [-0.2, 0) is 4.74 Å². The molecule has 0 saturated carbocycles. The van der Waals surface area contributed by atoms with E-state index < -0.39 is 5.97 Å². The lowest BCUT2D eigenvalue weighted by atomic mass is 10.3. The highest BCUT2D eigenvalue weighted by atomic mass is 35.5. The van der Waals surface area contributed by atoms with E-state index in [-0.39, 0.29) is 11.4 Å². The molecule has 2 N–H and O–H groups in total. The van der Waals surface area contributed by atoms with Gasteiger partial charge in [0.25, 0.3) is 0 Å². The van der Waals surface area contributed by atoms with Crippen LogP contribution in [0.5, 0.6) is 5.75 Å². The van der Waals surface area contributed by atoms with Crippen molar-refractivity contribution in [3.63, 3.8) is 0 Å². The van der Waals surface area contributed by atoms with Crippen LogP contribution in [0.3, 0.4) is 0 Å². The highest BCUT2D eigenvalue weighted by Gasteiger charge is 2.16. The Hall–Kier alpha value is -2.21. The van der Waals surface area contributed by atoms with Crippen molar-refractivity contribution in [1.82, 2.24) is 9.78 Å². The summed E-state index contributed by atoms with van der Waals surface area (Å²) in [4.78, 5) is 11.4. The topological polar surface area (TPSA) is 79.4 Å². The Morgan fingerprint density at radius 3 is 2.74 bits per heavy atom. The number of benzene rings is 1. The van der Waals surface area contributed by atoms with Gasteiger partial charge in [0.1, 0.15) is 17.1 Å². The normalized spacial score (nSPS) is 10.3. The maximum Gasteiger partial charge on any atom is 0.343 e. The molecule has 7 heteroatoms. The highest BCUT2D eigenvalue weighted by Crippen LogP contribution is 2.28. The molecule has 0 amide bonds. The Bertz CT molecular complexity index is 625. The van der Waals surface area contributed by atoms with Crippen LogP contribution in [0, 0.1) is 0 Å². The molecule has 1 aromatic heterocycles. The van der Waals surface area contributed by atoms with Crippen LogP contribution in [0.25, 0.3) is 5.69 Å². The predicted octanol–water partition coefficient (Wildman–Crippen LogP) is 1.90. The molecule has 1 heterocycles. The van der Waals surface area contributed by atoms with Crippen LogP contribution in [0.1, 0.15) is 10.4 Å². The Morgan fingerprint density at radius 1 is 1.42 bits per heavy atom. The Kier molecular flexibility index (Phi) is 3.62. The molecular formula is C12H12ClN3O3. The lowest BCUT2D eigenvalue weighted by Crippen LogP contribution is -2.07. The van der Waals surface area contributed by atoms with E-state index in [1.165, 1.54) is 25.1 Å². The Balaban J connectivity index is 2.45. The van der Waals surface area contributed by atoms with Crippen molar-refractivity contribution in [3.05, 3.63) is 35.0 Å². The van der Waals surface area contributed by atoms with Crippen molar-refractivity contribution >= 4 is 23.4 Å². The number of anilines is 1. The average molecular weight is 282 g/mol. The lowest BCUT2D eigenvalue weighted by molar-refractivity contribution is 0.0602. The van der Waals surface area contributed by atoms with Gasteiger partial charge in [0.2, 0.25) is 0 Å². The average Bonchev–Trinajstić information content (AvgIpc) is 2.79. The molecule has 0 fully saturated rings. The second-order valence-corrected chi connectivity index (χ2v) is 4.07. The van der Waals surface area contributed by atoms with E-state index in [9.17, 15) is 4.79 Å². The quantitative estimate of drug-likeness (QED) is 0.869. The van der Waals surface area contributed by atoms with Crippen LogP contribution in [0.2, 0.25) is 5.02 Å². The van der Waals surface area contributed by atoms with E-state index in [1.54, 1.807) is 18.2 Å². The molecule has 0 aliphatic carbocycles. The number of halogens is 1. The van der Waals surface area contributed by atoms with Gasteiger partial charge in [0, 0.05) is 0 Å². The molecule has 0 unspecified atom stereocenters. The standard InChI is InChI=1S/C12H12ClN3O3/c1-18-10-4-3-7(5-9(10)13)16-11(14)8(6-15-16)12(17)19-2/h3-6H,14H2,1-2H3. The summed E-state index contributed by atoms with van der Waals surface area (Å²) in [5, 5.41) is 4.47. The summed E-state index contributed by atoms with van der Waals surface area (Å²) in [6.45, 7) is 0. The first kappa shape index (κ1) is 13.2. The number of ether oxygens (including phenoxy) is 2. The molecule has 0 saturated heterocycles. The van der Waals surface area contributed by atoms with Gasteiger partial charge in [-0.25, -0.2) is 9.48 Å². The van der Waals surface area contributed by atoms with Crippen molar-refractivity contribution in [2.75, 3.05) is 20.0 Å². The van der Waals surface area contributed by atoms with Crippen molar-refractivity contribution in [1.29, 1.82) is 0 Å². The molecule has 19 heavy (non-hydrogen) atoms. The fraction of sp³-hybridized carbons (Fsp3) is 0.167. The SMILES string of the molecule is COC(=O)c1cnn(-c2ccc(OC)c(Cl)c2)c1N. The van der Waals surface area contributed by atoms with Crippen LogP contribution in [-0.4, -0.2) is 30.0 Å². The third kappa shape index (κ3) is 2.34. The third-order valence-electron chi connectivity index (χ3n) is 2.59. The number of hydrogen-bond acceptors (Lipinski definition) is 5. The predicted molar refractivity (Wildman–Crippen MR) is 70.9 cm³/mol. The van der Waals surface area contributed by atoms with Gasteiger partial charge in [0.05, 0.1) is 31.1 Å². The van der Waals surface area contributed by atoms with Crippen LogP contribution in [0.15, 0.2) is 24.4 Å². The number of methoxy groups -OCH3 is 2. The fourth-order valence-corrected chi connectivity index (χ4v) is 1.87. The Morgan fingerprint density at radius 2 is 2.16 bits per heavy atom. The lowest BCUT2D eigenvalue weighted by Gasteiger charge is -2.08. The second kappa shape index (κ2) is 5.19. The van der Waals surface area contributed by atoms with Gasteiger partial charge >= 0.3 is 5.97 Å². The first-order valence-corrected chi connectivity index (χ1v) is 5.72. The largest absolute Gasteiger partial charge is 0.495 e. The van der Waals surface area contributed by atoms with Gasteiger partial charge < -0.3 is 15.2 Å². The van der Waals surface area contributed by atoms with E-state index >= 15 is 0 Å². The monoisotopic (exact) mass is 281 g/mol. The number of nitrogens with two attached hydrogens (primary N) is 1. The summed E-state index contributed by atoms with van der Waals surface area (Å²) in [6, 6.07) is 5.07. The van der Waals surface area contributed by atoms with E-state index in [4.69, 9.17) is 22.1 Å². The molecule has 1 aromatic carbocycles. The number of carbonyl (C=O) groups excluding carboxylic acids is 1. The number of aromatic nitrogens is 2. The Labute approximate surface area is 114 Å². The molecule has 0 aliphatic heterocycles. The van der Waals surface area contributed by atoms with E-state index in [2.05, 4.69) is 9.84 Å². The number of rotatable bonds is 3. The third-order valence-corrected chi connectivity index (χ3v) is 2.89. The minimum Gasteiger partial charge on any atom is -0.495 e. The van der Waals surface area contributed by atoms with Gasteiger partial charge in [-0.1, -0.05) is 11.6 Å². The van der Waals surface area contributed by atoms with Gasteiger partial charge in [-0.3, -0.25) is 0 Å². The summed E-state index contributed by atoms with van der Waals surface area (Å²) in [7, 11) is 2.81. The van der Waals surface area contributed by atoms with Crippen LogP contribution < -0.4 is 10.5 Å². The molecule has 2 aromatic rings. The minimum absolute atomic E-state index is 0.188. The smallest absolute Gasteiger partial charge is 0.343 e. The minimum atomic E-state index is -0.539. The molecule has 0 spiro atoms. The number of carbonyl (C=O) groups is 1. The van der Waals surface area contributed by atoms with Gasteiger partial charge in [-0.05, 0) is 18.2 Å². The maximum atomic E-state index is 11.4. The molecule has 100 valence electrons. The zero-order chi connectivity index (χ0) is 14.0. The number of hydrogen-bond donors (Lipinski definition) is 1. The molecule has 0 atom stereocenters. The van der Waals surface area contributed by atoms with Crippen LogP contribution >= 0.6 is 11.6 Å². The van der Waals surface area contributed by atoms with E-state index in [1.807, 2.05) is 0 Å². The second-order valence-electron chi connectivity index (χ2n) is 3.67. The van der Waals surface area contributed by atoms with E-state index in [0.29, 0.717) is 16.5 Å². The zero-order valence-electron chi connectivity index (χ0n) is 10.4. The summed E-state index contributed by atoms with van der Waals surface area (Å²) in [6.07, 6.45) is 1.35. The summed E-state index contributed by atoms with van der Waals surface area (Å²) in [5.74, 6) is 0.195. The molecule has 0 radical (unpaired) electrons. The maximum absolute atomic E-state index is 11.4. The number of nitrogen functional groups attached to an aromatic ring is 1. The first-order chi connectivity index (χ1) is 9.08. The van der Waals surface area contributed by atoms with Crippen molar-refractivity contribution < 1.29 is 14.3 Å². The molecule has 2 rings (SSSR count). The number of nitrogens with zero attached hydrogens (tertiary/aromatic N) is 2. The summed E-state index contributed by atoms with van der Waals surface area (Å²) >= 11 is 6.03. The fourth-order valence-electron chi connectivity index (χ4n) is 1.62. The molecule has 0 aliphatic rings. The molecule has 6 nitrogen and oxygen atoms in total.